The Labute approximate surface area is 185 Å². The summed E-state index contributed by atoms with van der Waals surface area (Å²) in [6.07, 6.45) is 1.71. The third kappa shape index (κ3) is 5.10. The van der Waals surface area contributed by atoms with Gasteiger partial charge in [-0.3, -0.25) is 4.79 Å². The predicted molar refractivity (Wildman–Crippen MR) is 122 cm³/mol. The average Bonchev–Trinajstić information content (AvgIpc) is 3.28. The number of hydrogen-bond acceptors (Lipinski definition) is 4. The maximum Gasteiger partial charge on any atom is 0.255 e. The Balaban J connectivity index is 1.83. The van der Waals surface area contributed by atoms with Gasteiger partial charge in [0.15, 0.2) is 0 Å². The minimum absolute atomic E-state index is 0.0552. The van der Waals surface area contributed by atoms with Gasteiger partial charge < -0.3 is 10.1 Å². The molecule has 0 unspecified atom stereocenters. The summed E-state index contributed by atoms with van der Waals surface area (Å²) in [6.45, 7) is 9.39. The van der Waals surface area contributed by atoms with Crippen molar-refractivity contribution in [2.24, 2.45) is 0 Å². The van der Waals surface area contributed by atoms with Crippen molar-refractivity contribution in [2.45, 2.75) is 56.9 Å². The van der Waals surface area contributed by atoms with Gasteiger partial charge in [0.25, 0.3) is 5.91 Å². The van der Waals surface area contributed by atoms with Gasteiger partial charge in [0.2, 0.25) is 10.0 Å². The maximum atomic E-state index is 13.0. The molecule has 0 aromatic heterocycles. The average molecular weight is 445 g/mol. The van der Waals surface area contributed by atoms with Gasteiger partial charge in [-0.15, -0.1) is 0 Å². The number of sulfonamides is 1. The first-order valence-electron chi connectivity index (χ1n) is 10.6. The van der Waals surface area contributed by atoms with Crippen molar-refractivity contribution >= 4 is 15.9 Å². The third-order valence-corrected chi connectivity index (χ3v) is 7.64. The van der Waals surface area contributed by atoms with Crippen LogP contribution in [0.5, 0.6) is 5.75 Å². The number of carbonyl (C=O) groups is 1. The van der Waals surface area contributed by atoms with E-state index in [1.54, 1.807) is 6.07 Å². The van der Waals surface area contributed by atoms with Crippen molar-refractivity contribution in [3.63, 3.8) is 0 Å². The quantitative estimate of drug-likeness (QED) is 0.722. The van der Waals surface area contributed by atoms with Gasteiger partial charge in [0.1, 0.15) is 5.75 Å². The zero-order chi connectivity index (χ0) is 22.8. The standard InChI is InChI=1S/C24H32N2O4S/c1-17(18-8-10-19(11-9-18)24(2,3)4)25-23(27)21-16-20(12-13-22(21)30-5)31(28,29)26-14-6-7-15-26/h8-13,16-17H,6-7,14-15H2,1-5H3,(H,25,27)/t17-/m0/s1. The molecule has 0 radical (unpaired) electrons. The Morgan fingerprint density at radius 3 is 2.23 bits per heavy atom. The van der Waals surface area contributed by atoms with Crippen LogP contribution in [-0.2, 0) is 15.4 Å². The molecule has 1 aliphatic rings. The van der Waals surface area contributed by atoms with E-state index in [4.69, 9.17) is 4.74 Å². The first-order valence-corrected chi connectivity index (χ1v) is 12.1. The fourth-order valence-corrected chi connectivity index (χ4v) is 5.28. The van der Waals surface area contributed by atoms with E-state index in [1.807, 2.05) is 19.1 Å². The molecule has 0 bridgehead atoms. The summed E-state index contributed by atoms with van der Waals surface area (Å²) in [6, 6.07) is 12.4. The van der Waals surface area contributed by atoms with Crippen LogP contribution in [0.2, 0.25) is 0 Å². The lowest BCUT2D eigenvalue weighted by atomic mass is 9.86. The SMILES string of the molecule is COc1ccc(S(=O)(=O)N2CCCC2)cc1C(=O)N[C@@H](C)c1ccc(C(C)(C)C)cc1. The zero-order valence-electron chi connectivity index (χ0n) is 18.9. The minimum Gasteiger partial charge on any atom is -0.496 e. The molecule has 1 heterocycles. The smallest absolute Gasteiger partial charge is 0.255 e. The van der Waals surface area contributed by atoms with E-state index in [-0.39, 0.29) is 27.8 Å². The van der Waals surface area contributed by atoms with E-state index >= 15 is 0 Å². The van der Waals surface area contributed by atoms with Crippen molar-refractivity contribution in [1.29, 1.82) is 0 Å². The van der Waals surface area contributed by atoms with Crippen molar-refractivity contribution in [3.8, 4) is 5.75 Å². The van der Waals surface area contributed by atoms with Crippen molar-refractivity contribution in [3.05, 3.63) is 59.2 Å². The van der Waals surface area contributed by atoms with Gasteiger partial charge in [-0.05, 0) is 54.5 Å². The fourth-order valence-electron chi connectivity index (χ4n) is 3.73. The summed E-state index contributed by atoms with van der Waals surface area (Å²) in [5.74, 6) is -0.0316. The van der Waals surface area contributed by atoms with Gasteiger partial charge >= 0.3 is 0 Å². The second-order valence-corrected chi connectivity index (χ2v) is 11.0. The molecule has 2 aromatic rings. The lowest BCUT2D eigenvalue weighted by Gasteiger charge is -2.21. The van der Waals surface area contributed by atoms with Gasteiger partial charge in [-0.2, -0.15) is 4.31 Å². The number of hydrogen-bond donors (Lipinski definition) is 1. The van der Waals surface area contributed by atoms with Crippen molar-refractivity contribution in [2.75, 3.05) is 20.2 Å². The van der Waals surface area contributed by atoms with Crippen molar-refractivity contribution in [1.82, 2.24) is 9.62 Å². The Kier molecular flexibility index (Phi) is 6.76. The highest BCUT2D eigenvalue weighted by Crippen LogP contribution is 2.28. The van der Waals surface area contributed by atoms with E-state index in [9.17, 15) is 13.2 Å². The lowest BCUT2D eigenvalue weighted by Crippen LogP contribution is -2.29. The molecule has 3 rings (SSSR count). The number of rotatable bonds is 6. The minimum atomic E-state index is -3.62. The Hall–Kier alpha value is -2.38. The van der Waals surface area contributed by atoms with E-state index in [0.717, 1.165) is 18.4 Å². The molecular weight excluding hydrogens is 412 g/mol. The number of methoxy groups -OCH3 is 1. The van der Waals surface area contributed by atoms with Crippen LogP contribution >= 0.6 is 0 Å². The van der Waals surface area contributed by atoms with Crippen LogP contribution in [0, 0.1) is 0 Å². The van der Waals surface area contributed by atoms with Crippen LogP contribution in [0.1, 0.15) is 68.1 Å². The van der Waals surface area contributed by atoms with Crippen LogP contribution in [0.25, 0.3) is 0 Å². The zero-order valence-corrected chi connectivity index (χ0v) is 19.8. The van der Waals surface area contributed by atoms with Gasteiger partial charge in [0.05, 0.1) is 23.6 Å². The number of amides is 1. The summed E-state index contributed by atoms with van der Waals surface area (Å²) in [4.78, 5) is 13.1. The molecule has 1 fully saturated rings. The molecule has 168 valence electrons. The molecule has 1 N–H and O–H groups in total. The highest BCUT2D eigenvalue weighted by atomic mass is 32.2. The van der Waals surface area contributed by atoms with Crippen LogP contribution < -0.4 is 10.1 Å². The number of nitrogens with one attached hydrogen (secondary N) is 1. The van der Waals surface area contributed by atoms with Crippen LogP contribution in [0.3, 0.4) is 0 Å². The normalized spacial score (nSPS) is 16.2. The Morgan fingerprint density at radius 1 is 1.06 bits per heavy atom. The van der Waals surface area contributed by atoms with E-state index in [0.29, 0.717) is 18.8 Å². The summed E-state index contributed by atoms with van der Waals surface area (Å²) < 4.78 is 32.6. The maximum absolute atomic E-state index is 13.0. The van der Waals surface area contributed by atoms with Crippen molar-refractivity contribution < 1.29 is 17.9 Å². The molecule has 0 aliphatic carbocycles. The lowest BCUT2D eigenvalue weighted by molar-refractivity contribution is 0.0936. The highest BCUT2D eigenvalue weighted by molar-refractivity contribution is 7.89. The third-order valence-electron chi connectivity index (χ3n) is 5.74. The molecule has 2 aromatic carbocycles. The second kappa shape index (κ2) is 9.01. The van der Waals surface area contributed by atoms with Gasteiger partial charge in [-0.25, -0.2) is 8.42 Å². The number of carbonyl (C=O) groups excluding carboxylic acids is 1. The number of nitrogens with zero attached hydrogens (tertiary/aromatic N) is 1. The summed E-state index contributed by atoms with van der Waals surface area (Å²) in [5, 5.41) is 2.97. The van der Waals surface area contributed by atoms with Gasteiger partial charge in [-0.1, -0.05) is 45.0 Å². The van der Waals surface area contributed by atoms with Gasteiger partial charge in [0, 0.05) is 13.1 Å². The first kappa shape index (κ1) is 23.3. The van der Waals surface area contributed by atoms with E-state index in [1.165, 1.54) is 29.1 Å². The molecule has 1 aliphatic heterocycles. The van der Waals surface area contributed by atoms with Crippen LogP contribution in [0.4, 0.5) is 0 Å². The largest absolute Gasteiger partial charge is 0.496 e. The summed E-state index contributed by atoms with van der Waals surface area (Å²) in [5.41, 5.74) is 2.46. The number of ether oxygens (including phenoxy) is 1. The molecule has 0 spiro atoms. The highest BCUT2D eigenvalue weighted by Gasteiger charge is 2.29. The molecule has 6 nitrogen and oxygen atoms in total. The molecular formula is C24H32N2O4S. The summed E-state index contributed by atoms with van der Waals surface area (Å²) >= 11 is 0. The van der Waals surface area contributed by atoms with E-state index in [2.05, 4.69) is 38.2 Å². The number of benzene rings is 2. The summed E-state index contributed by atoms with van der Waals surface area (Å²) in [7, 11) is -2.15. The fraction of sp³-hybridized carbons (Fsp3) is 0.458. The molecule has 31 heavy (non-hydrogen) atoms. The van der Waals surface area contributed by atoms with E-state index < -0.39 is 10.0 Å². The molecule has 1 amide bonds. The van der Waals surface area contributed by atoms with Crippen LogP contribution in [0.15, 0.2) is 47.4 Å². The Bertz CT molecular complexity index is 1030. The molecule has 0 saturated carbocycles. The molecule has 1 saturated heterocycles. The molecule has 1 atom stereocenters. The molecule has 7 heteroatoms. The Morgan fingerprint density at radius 2 is 1.68 bits per heavy atom. The predicted octanol–water partition coefficient (Wildman–Crippen LogP) is 4.27. The topological polar surface area (TPSA) is 75.7 Å². The van der Waals surface area contributed by atoms with Crippen LogP contribution in [-0.4, -0.2) is 38.8 Å². The second-order valence-electron chi connectivity index (χ2n) is 9.04. The first-order chi connectivity index (χ1) is 14.5. The monoisotopic (exact) mass is 444 g/mol.